The van der Waals surface area contributed by atoms with E-state index in [1.54, 1.807) is 0 Å². The van der Waals surface area contributed by atoms with E-state index >= 15 is 0 Å². The average Bonchev–Trinajstić information content (AvgIpc) is 3.15. The summed E-state index contributed by atoms with van der Waals surface area (Å²) in [5, 5.41) is 14.4. The van der Waals surface area contributed by atoms with Gasteiger partial charge in [0.15, 0.2) is 0 Å². The molecular formula is C15H21BrN2O3. The molecule has 116 valence electrons. The Morgan fingerprint density at radius 1 is 1.57 bits per heavy atom. The van der Waals surface area contributed by atoms with Gasteiger partial charge in [-0.15, -0.1) is 0 Å². The number of aryl methyl sites for hydroxylation is 2. The first kappa shape index (κ1) is 15.0. The highest BCUT2D eigenvalue weighted by Crippen LogP contribution is 2.50. The molecule has 1 saturated carbocycles. The van der Waals surface area contributed by atoms with Gasteiger partial charge in [-0.2, -0.15) is 5.10 Å². The van der Waals surface area contributed by atoms with Gasteiger partial charge in [-0.1, -0.05) is 6.92 Å². The smallest absolute Gasteiger partial charge is 0.312 e. The van der Waals surface area contributed by atoms with Crippen molar-refractivity contribution in [1.82, 2.24) is 9.78 Å². The minimum absolute atomic E-state index is 0.151. The second kappa shape index (κ2) is 5.39. The Balaban J connectivity index is 1.96. The third kappa shape index (κ3) is 2.42. The normalized spacial score (nSPS) is 29.0. The van der Waals surface area contributed by atoms with Crippen LogP contribution in [0.4, 0.5) is 0 Å². The van der Waals surface area contributed by atoms with E-state index < -0.39 is 11.4 Å². The predicted molar refractivity (Wildman–Crippen MR) is 81.1 cm³/mol. The molecule has 2 unspecified atom stereocenters. The van der Waals surface area contributed by atoms with Crippen LogP contribution in [0.1, 0.15) is 37.6 Å². The molecule has 1 N–H and O–H groups in total. The van der Waals surface area contributed by atoms with Gasteiger partial charge >= 0.3 is 5.97 Å². The van der Waals surface area contributed by atoms with Crippen LogP contribution in [0.5, 0.6) is 0 Å². The lowest BCUT2D eigenvalue weighted by molar-refractivity contribution is -0.153. The summed E-state index contributed by atoms with van der Waals surface area (Å²) in [7, 11) is 1.89. The Morgan fingerprint density at radius 3 is 2.81 bits per heavy atom. The number of hydrogen-bond donors (Lipinski definition) is 1. The van der Waals surface area contributed by atoms with Crippen LogP contribution < -0.4 is 0 Å². The standard InChI is InChI=1S/C15H21BrN2O3/c1-3-10-12(16)11(18(2)17-10)8-15(14(19)20)6-7-21-13(15)9-4-5-9/h9,13H,3-8H2,1-2H3,(H,19,20). The number of aromatic nitrogens is 2. The summed E-state index contributed by atoms with van der Waals surface area (Å²) in [5.41, 5.74) is 1.14. The predicted octanol–water partition coefficient (Wildman–Crippen LogP) is 2.56. The molecule has 2 atom stereocenters. The number of nitrogens with zero attached hydrogens (tertiary/aromatic N) is 2. The zero-order valence-corrected chi connectivity index (χ0v) is 14.0. The van der Waals surface area contributed by atoms with E-state index in [0.29, 0.717) is 25.4 Å². The van der Waals surface area contributed by atoms with E-state index in [-0.39, 0.29) is 6.10 Å². The van der Waals surface area contributed by atoms with Gasteiger partial charge in [0.1, 0.15) is 5.41 Å². The fourth-order valence-corrected chi connectivity index (χ4v) is 4.22. The Labute approximate surface area is 132 Å². The molecule has 1 saturated heterocycles. The number of carbonyl (C=O) groups is 1. The monoisotopic (exact) mass is 356 g/mol. The molecular weight excluding hydrogens is 336 g/mol. The molecule has 1 aliphatic heterocycles. The first-order chi connectivity index (χ1) is 9.99. The topological polar surface area (TPSA) is 64.4 Å². The molecule has 2 heterocycles. The Kier molecular flexibility index (Phi) is 3.86. The molecule has 1 aliphatic carbocycles. The van der Waals surface area contributed by atoms with Crippen LogP contribution in [0, 0.1) is 11.3 Å². The molecule has 1 aromatic rings. The van der Waals surface area contributed by atoms with Gasteiger partial charge in [0.2, 0.25) is 0 Å². The average molecular weight is 357 g/mol. The lowest BCUT2D eigenvalue weighted by Crippen LogP contribution is -2.42. The number of rotatable bonds is 5. The van der Waals surface area contributed by atoms with Crippen molar-refractivity contribution in [3.05, 3.63) is 15.9 Å². The van der Waals surface area contributed by atoms with Gasteiger partial charge in [0.25, 0.3) is 0 Å². The SMILES string of the molecule is CCc1nn(C)c(CC2(C(=O)O)CCOC2C2CC2)c1Br. The molecule has 5 nitrogen and oxygen atoms in total. The lowest BCUT2D eigenvalue weighted by atomic mass is 9.75. The highest BCUT2D eigenvalue weighted by molar-refractivity contribution is 9.10. The number of carboxylic acids is 1. The zero-order chi connectivity index (χ0) is 15.2. The summed E-state index contributed by atoms with van der Waals surface area (Å²) in [4.78, 5) is 12.0. The van der Waals surface area contributed by atoms with Gasteiger partial charge in [0, 0.05) is 20.1 Å². The fourth-order valence-electron chi connectivity index (χ4n) is 3.46. The van der Waals surface area contributed by atoms with E-state index in [4.69, 9.17) is 4.74 Å². The summed E-state index contributed by atoms with van der Waals surface area (Å²) in [6.45, 7) is 2.60. The zero-order valence-electron chi connectivity index (χ0n) is 12.4. The lowest BCUT2D eigenvalue weighted by Gasteiger charge is -2.30. The summed E-state index contributed by atoms with van der Waals surface area (Å²) in [5.74, 6) is -0.315. The molecule has 2 fully saturated rings. The number of ether oxygens (including phenoxy) is 1. The van der Waals surface area contributed by atoms with Crippen LogP contribution in [-0.2, 0) is 29.4 Å². The Bertz CT molecular complexity index is 568. The summed E-state index contributed by atoms with van der Waals surface area (Å²) in [6, 6.07) is 0. The molecule has 2 aliphatic rings. The molecule has 0 spiro atoms. The van der Waals surface area contributed by atoms with Crippen LogP contribution in [0.3, 0.4) is 0 Å². The van der Waals surface area contributed by atoms with E-state index in [9.17, 15) is 9.90 Å². The minimum atomic E-state index is -0.803. The van der Waals surface area contributed by atoms with Crippen LogP contribution in [0.25, 0.3) is 0 Å². The molecule has 0 bridgehead atoms. The number of hydrogen-bond acceptors (Lipinski definition) is 3. The van der Waals surface area contributed by atoms with Crippen LogP contribution in [-0.4, -0.2) is 33.6 Å². The van der Waals surface area contributed by atoms with Crippen molar-refractivity contribution in [1.29, 1.82) is 0 Å². The number of aliphatic carboxylic acids is 1. The van der Waals surface area contributed by atoms with Crippen molar-refractivity contribution in [3.63, 3.8) is 0 Å². The molecule has 21 heavy (non-hydrogen) atoms. The highest BCUT2D eigenvalue weighted by atomic mass is 79.9. The minimum Gasteiger partial charge on any atom is -0.481 e. The van der Waals surface area contributed by atoms with Crippen molar-refractivity contribution in [2.75, 3.05) is 6.61 Å². The largest absolute Gasteiger partial charge is 0.481 e. The quantitative estimate of drug-likeness (QED) is 0.880. The van der Waals surface area contributed by atoms with Gasteiger partial charge in [0.05, 0.1) is 22.0 Å². The van der Waals surface area contributed by atoms with Crippen molar-refractivity contribution < 1.29 is 14.6 Å². The van der Waals surface area contributed by atoms with Crippen LogP contribution in [0.15, 0.2) is 4.47 Å². The Morgan fingerprint density at radius 2 is 2.29 bits per heavy atom. The molecule has 3 rings (SSSR count). The van der Waals surface area contributed by atoms with Crippen molar-refractivity contribution in [2.45, 2.75) is 45.1 Å². The second-order valence-corrected chi connectivity index (χ2v) is 6.99. The first-order valence-corrected chi connectivity index (χ1v) is 8.34. The first-order valence-electron chi connectivity index (χ1n) is 7.55. The van der Waals surface area contributed by atoms with Crippen molar-refractivity contribution >= 4 is 21.9 Å². The molecule has 0 radical (unpaired) electrons. The van der Waals surface area contributed by atoms with Gasteiger partial charge < -0.3 is 9.84 Å². The van der Waals surface area contributed by atoms with Gasteiger partial charge in [-0.05, 0) is 47.5 Å². The van der Waals surface area contributed by atoms with E-state index in [2.05, 4.69) is 28.0 Å². The summed E-state index contributed by atoms with van der Waals surface area (Å²) in [6.07, 6.45) is 3.92. The Hall–Kier alpha value is -0.880. The van der Waals surface area contributed by atoms with E-state index in [1.807, 2.05) is 11.7 Å². The summed E-state index contributed by atoms with van der Waals surface area (Å²) >= 11 is 3.60. The van der Waals surface area contributed by atoms with Crippen molar-refractivity contribution in [3.8, 4) is 0 Å². The maximum atomic E-state index is 12.0. The fraction of sp³-hybridized carbons (Fsp3) is 0.733. The van der Waals surface area contributed by atoms with E-state index in [1.165, 1.54) is 0 Å². The van der Waals surface area contributed by atoms with Crippen LogP contribution in [0.2, 0.25) is 0 Å². The van der Waals surface area contributed by atoms with E-state index in [0.717, 1.165) is 35.1 Å². The second-order valence-electron chi connectivity index (χ2n) is 6.20. The number of halogens is 1. The molecule has 1 aromatic heterocycles. The third-order valence-corrected chi connectivity index (χ3v) is 5.77. The van der Waals surface area contributed by atoms with Gasteiger partial charge in [-0.3, -0.25) is 9.48 Å². The molecule has 0 aromatic carbocycles. The molecule has 0 amide bonds. The third-order valence-electron chi connectivity index (χ3n) is 4.85. The highest BCUT2D eigenvalue weighted by Gasteiger charge is 2.56. The maximum Gasteiger partial charge on any atom is 0.312 e. The van der Waals surface area contributed by atoms with Gasteiger partial charge in [-0.25, -0.2) is 0 Å². The number of carboxylic acid groups (broad SMARTS) is 1. The van der Waals surface area contributed by atoms with Crippen LogP contribution >= 0.6 is 15.9 Å². The van der Waals surface area contributed by atoms with Crippen molar-refractivity contribution in [2.24, 2.45) is 18.4 Å². The maximum absolute atomic E-state index is 12.0. The molecule has 6 heteroatoms. The summed E-state index contributed by atoms with van der Waals surface area (Å²) < 4.78 is 8.58.